The molecule has 3 heterocycles. The first-order chi connectivity index (χ1) is 18.1. The second-order valence-corrected chi connectivity index (χ2v) is 10.6. The van der Waals surface area contributed by atoms with Gasteiger partial charge in [-0.15, -0.1) is 0 Å². The average molecular weight is 528 g/mol. The van der Waals surface area contributed by atoms with Gasteiger partial charge in [-0.25, -0.2) is 0 Å². The Kier molecular flexibility index (Phi) is 7.39. The molecule has 3 aliphatic rings. The predicted molar refractivity (Wildman–Crippen MR) is 139 cm³/mol. The summed E-state index contributed by atoms with van der Waals surface area (Å²) in [6.45, 7) is 5.76. The van der Waals surface area contributed by atoms with Crippen LogP contribution in [-0.4, -0.2) is 72.2 Å². The van der Waals surface area contributed by atoms with E-state index >= 15 is 8.78 Å². The minimum atomic E-state index is -3.66. The van der Waals surface area contributed by atoms with Crippen molar-refractivity contribution in [1.29, 1.82) is 0 Å². The van der Waals surface area contributed by atoms with Crippen LogP contribution in [0.3, 0.4) is 0 Å². The molecular weight excluding hydrogens is 492 g/mol. The maximum atomic E-state index is 15.2. The van der Waals surface area contributed by atoms with Gasteiger partial charge in [0.05, 0.1) is 6.04 Å². The number of fused-ring (bicyclic) bond motifs is 1. The summed E-state index contributed by atoms with van der Waals surface area (Å²) >= 11 is 0. The third-order valence-electron chi connectivity index (χ3n) is 8.05. The topological polar surface area (TPSA) is 88.2 Å². The van der Waals surface area contributed by atoms with Gasteiger partial charge in [0, 0.05) is 56.6 Å². The summed E-state index contributed by atoms with van der Waals surface area (Å²) in [7, 11) is 2.03. The molecule has 10 heteroatoms. The van der Waals surface area contributed by atoms with Gasteiger partial charge in [-0.2, -0.15) is 8.78 Å². The standard InChI is InChI=1S/C28H35F2N5O3/c1-18-23-7-6-19(14-20(23)17-35(18)24-8-9-25(36)32-26(24)37)16-31-27(38)28(29,30)21-4-3-5-22(15-21)34-12-10-33(2)11-13-34/h3-7,14-15,18,24-25,36H,8-13,16-17H2,1-2H3,(H,31,38)(H,32,37). The number of piperazine rings is 1. The molecule has 2 amide bonds. The SMILES string of the molecule is CC1c2ccc(CNC(=O)C(F)(F)c3cccc(N4CCN(C)CC4)c3)cc2CN1C1CCC(O)NC1=O. The van der Waals surface area contributed by atoms with Crippen LogP contribution < -0.4 is 15.5 Å². The highest BCUT2D eigenvalue weighted by molar-refractivity contribution is 5.85. The lowest BCUT2D eigenvalue weighted by atomic mass is 10.0. The van der Waals surface area contributed by atoms with Crippen molar-refractivity contribution < 1.29 is 23.5 Å². The van der Waals surface area contributed by atoms with E-state index in [9.17, 15) is 14.7 Å². The summed E-state index contributed by atoms with van der Waals surface area (Å²) < 4.78 is 30.3. The minimum absolute atomic E-state index is 0.0107. The highest BCUT2D eigenvalue weighted by atomic mass is 19.3. The first-order valence-corrected chi connectivity index (χ1v) is 13.2. The number of halogens is 2. The van der Waals surface area contributed by atoms with Gasteiger partial charge < -0.3 is 25.5 Å². The maximum Gasteiger partial charge on any atom is 0.349 e. The number of nitrogens with one attached hydrogen (secondary N) is 2. The van der Waals surface area contributed by atoms with E-state index in [1.165, 1.54) is 12.1 Å². The summed E-state index contributed by atoms with van der Waals surface area (Å²) in [4.78, 5) is 31.4. The number of aliphatic hydroxyl groups excluding tert-OH is 1. The van der Waals surface area contributed by atoms with Crippen LogP contribution in [0.1, 0.15) is 48.1 Å². The zero-order valence-electron chi connectivity index (χ0n) is 21.8. The molecule has 3 N–H and O–H groups in total. The molecule has 38 heavy (non-hydrogen) atoms. The van der Waals surface area contributed by atoms with E-state index in [1.54, 1.807) is 12.1 Å². The van der Waals surface area contributed by atoms with Gasteiger partial charge in [0.1, 0.15) is 6.23 Å². The summed E-state index contributed by atoms with van der Waals surface area (Å²) in [5.41, 5.74) is 3.18. The molecule has 3 atom stereocenters. The zero-order valence-corrected chi connectivity index (χ0v) is 21.8. The number of rotatable bonds is 6. The van der Waals surface area contributed by atoms with Crippen molar-refractivity contribution >= 4 is 17.5 Å². The summed E-state index contributed by atoms with van der Waals surface area (Å²) in [6.07, 6.45) is 0.264. The van der Waals surface area contributed by atoms with Crippen LogP contribution in [0.4, 0.5) is 14.5 Å². The van der Waals surface area contributed by atoms with Gasteiger partial charge in [0.2, 0.25) is 5.91 Å². The number of carbonyl (C=O) groups is 2. The normalized spacial score (nSPS) is 24.7. The van der Waals surface area contributed by atoms with Crippen LogP contribution in [0.25, 0.3) is 0 Å². The first kappa shape index (κ1) is 26.5. The number of likely N-dealkylation sites (N-methyl/N-ethyl adjacent to an activating group) is 1. The molecule has 3 aliphatic heterocycles. The zero-order chi connectivity index (χ0) is 27.0. The molecule has 2 fully saturated rings. The molecule has 8 nitrogen and oxygen atoms in total. The van der Waals surface area contributed by atoms with Crippen LogP contribution in [0.5, 0.6) is 0 Å². The lowest BCUT2D eigenvalue weighted by Crippen LogP contribution is -2.53. The van der Waals surface area contributed by atoms with Crippen molar-refractivity contribution in [2.75, 3.05) is 38.1 Å². The van der Waals surface area contributed by atoms with E-state index in [-0.39, 0.29) is 30.1 Å². The van der Waals surface area contributed by atoms with Gasteiger partial charge in [-0.1, -0.05) is 30.3 Å². The molecular formula is C28H35F2N5O3. The Balaban J connectivity index is 1.22. The molecule has 204 valence electrons. The van der Waals surface area contributed by atoms with Crippen LogP contribution >= 0.6 is 0 Å². The third-order valence-corrected chi connectivity index (χ3v) is 8.05. The fourth-order valence-corrected chi connectivity index (χ4v) is 5.69. The van der Waals surface area contributed by atoms with Gasteiger partial charge in [0.15, 0.2) is 0 Å². The molecule has 5 rings (SSSR count). The number of benzene rings is 2. The van der Waals surface area contributed by atoms with E-state index < -0.39 is 18.1 Å². The number of alkyl halides is 2. The quantitative estimate of drug-likeness (QED) is 0.535. The highest BCUT2D eigenvalue weighted by Crippen LogP contribution is 2.37. The molecule has 2 aromatic rings. The number of hydrogen-bond donors (Lipinski definition) is 3. The molecule has 3 unspecified atom stereocenters. The van der Waals surface area contributed by atoms with E-state index in [0.29, 0.717) is 25.1 Å². The molecule has 0 aliphatic carbocycles. The molecule has 0 bridgehead atoms. The van der Waals surface area contributed by atoms with E-state index in [4.69, 9.17) is 0 Å². The maximum absolute atomic E-state index is 15.2. The fraction of sp³-hybridized carbons (Fsp3) is 0.500. The monoisotopic (exact) mass is 527 g/mol. The minimum Gasteiger partial charge on any atom is -0.374 e. The van der Waals surface area contributed by atoms with Crippen LogP contribution in [0, 0.1) is 0 Å². The second kappa shape index (κ2) is 10.6. The summed E-state index contributed by atoms with van der Waals surface area (Å²) in [5, 5.41) is 14.7. The molecule has 0 spiro atoms. The predicted octanol–water partition coefficient (Wildman–Crippen LogP) is 2.32. The number of carbonyl (C=O) groups excluding carboxylic acids is 2. The highest BCUT2D eigenvalue weighted by Gasteiger charge is 2.41. The van der Waals surface area contributed by atoms with Crippen molar-refractivity contribution in [1.82, 2.24) is 20.4 Å². The fourth-order valence-electron chi connectivity index (χ4n) is 5.69. The second-order valence-electron chi connectivity index (χ2n) is 10.6. The van der Waals surface area contributed by atoms with Crippen LogP contribution in [0.2, 0.25) is 0 Å². The van der Waals surface area contributed by atoms with Crippen molar-refractivity contribution in [3.05, 3.63) is 64.7 Å². The Hall–Kier alpha value is -3.08. The van der Waals surface area contributed by atoms with Gasteiger partial charge in [0.25, 0.3) is 5.91 Å². The number of aliphatic hydroxyl groups is 1. The Bertz CT molecular complexity index is 1200. The summed E-state index contributed by atoms with van der Waals surface area (Å²) in [5.74, 6) is -5.18. The lowest BCUT2D eigenvalue weighted by molar-refractivity contribution is -0.147. The van der Waals surface area contributed by atoms with Crippen molar-refractivity contribution in [3.63, 3.8) is 0 Å². The number of piperidine rings is 1. The molecule has 0 saturated carbocycles. The Morgan fingerprint density at radius 3 is 2.63 bits per heavy atom. The molecule has 2 aromatic carbocycles. The number of anilines is 1. The number of hydrogen-bond acceptors (Lipinski definition) is 6. The largest absolute Gasteiger partial charge is 0.374 e. The Morgan fingerprint density at radius 2 is 1.89 bits per heavy atom. The van der Waals surface area contributed by atoms with Gasteiger partial charge in [-0.3, -0.25) is 14.5 Å². The van der Waals surface area contributed by atoms with E-state index in [0.717, 1.165) is 42.9 Å². The molecule has 0 aromatic heterocycles. The van der Waals surface area contributed by atoms with Gasteiger partial charge in [-0.05, 0) is 55.6 Å². The summed E-state index contributed by atoms with van der Waals surface area (Å²) in [6, 6.07) is 11.4. The smallest absolute Gasteiger partial charge is 0.349 e. The van der Waals surface area contributed by atoms with E-state index in [1.807, 2.05) is 32.2 Å². The first-order valence-electron chi connectivity index (χ1n) is 13.2. The number of amides is 2. The Labute approximate surface area is 221 Å². The molecule has 2 saturated heterocycles. The van der Waals surface area contributed by atoms with Gasteiger partial charge >= 0.3 is 5.92 Å². The van der Waals surface area contributed by atoms with Crippen LogP contribution in [-0.2, 0) is 28.6 Å². The lowest BCUT2D eigenvalue weighted by Gasteiger charge is -2.35. The molecule has 0 radical (unpaired) electrons. The van der Waals surface area contributed by atoms with E-state index in [2.05, 4.69) is 25.3 Å². The van der Waals surface area contributed by atoms with Crippen molar-refractivity contribution in [2.45, 2.75) is 57.1 Å². The van der Waals surface area contributed by atoms with Crippen molar-refractivity contribution in [2.24, 2.45) is 0 Å². The Morgan fingerprint density at radius 1 is 1.13 bits per heavy atom. The van der Waals surface area contributed by atoms with Crippen LogP contribution in [0.15, 0.2) is 42.5 Å². The third kappa shape index (κ3) is 5.25. The number of nitrogens with zero attached hydrogens (tertiary/aromatic N) is 3. The average Bonchev–Trinajstić information content (AvgIpc) is 3.23. The van der Waals surface area contributed by atoms with Crippen molar-refractivity contribution in [3.8, 4) is 0 Å².